The second-order valence-corrected chi connectivity index (χ2v) is 4.45. The number of benzene rings is 2. The van der Waals surface area contributed by atoms with Crippen LogP contribution in [-0.4, -0.2) is 27.5 Å². The van der Waals surface area contributed by atoms with Crippen LogP contribution in [0.1, 0.15) is 11.1 Å². The van der Waals surface area contributed by atoms with E-state index >= 15 is 0 Å². The Labute approximate surface area is 130 Å². The maximum atomic E-state index is 5.29. The lowest BCUT2D eigenvalue weighted by atomic mass is 10.2. The van der Waals surface area contributed by atoms with Crippen LogP contribution in [0.15, 0.2) is 47.6 Å². The van der Waals surface area contributed by atoms with Gasteiger partial charge in [-0.15, -0.1) is 0 Å². The zero-order valence-corrected chi connectivity index (χ0v) is 12.9. The average molecular weight is 301 g/mol. The quantitative estimate of drug-likeness (QED) is 0.582. The second kappa shape index (κ2) is 7.93. The molecule has 2 aromatic rings. The summed E-state index contributed by atoms with van der Waals surface area (Å²) in [7, 11) is 4.71. The number of methoxy groups -OCH3 is 3. The highest BCUT2D eigenvalue weighted by Gasteiger charge is 2.12. The van der Waals surface area contributed by atoms with Crippen LogP contribution in [0.3, 0.4) is 0 Å². The molecule has 0 aliphatic heterocycles. The zero-order chi connectivity index (χ0) is 15.8. The number of hydrogen-bond acceptors (Lipinski definition) is 5. The SMILES string of the molecule is COc1cc(/C=N/OCc2ccccc2)cc(OC)c1OC. The molecule has 0 N–H and O–H groups in total. The summed E-state index contributed by atoms with van der Waals surface area (Å²) in [4.78, 5) is 5.28. The molecular formula is C17H19NO4. The highest BCUT2D eigenvalue weighted by Crippen LogP contribution is 2.37. The molecule has 0 saturated heterocycles. The normalized spacial score (nSPS) is 10.5. The van der Waals surface area contributed by atoms with Crippen molar-refractivity contribution in [2.75, 3.05) is 21.3 Å². The van der Waals surface area contributed by atoms with Gasteiger partial charge in [-0.2, -0.15) is 0 Å². The minimum absolute atomic E-state index is 0.418. The molecule has 0 aliphatic carbocycles. The third-order valence-corrected chi connectivity index (χ3v) is 3.04. The fourth-order valence-electron chi connectivity index (χ4n) is 1.96. The van der Waals surface area contributed by atoms with Crippen LogP contribution in [-0.2, 0) is 11.4 Å². The van der Waals surface area contributed by atoms with Gasteiger partial charge in [0.15, 0.2) is 11.5 Å². The van der Waals surface area contributed by atoms with Crippen molar-refractivity contribution >= 4 is 6.21 Å². The smallest absolute Gasteiger partial charge is 0.203 e. The molecule has 0 bridgehead atoms. The third-order valence-electron chi connectivity index (χ3n) is 3.04. The van der Waals surface area contributed by atoms with Gasteiger partial charge in [0.05, 0.1) is 27.5 Å². The molecule has 116 valence electrons. The Morgan fingerprint density at radius 1 is 0.909 bits per heavy atom. The lowest BCUT2D eigenvalue weighted by Crippen LogP contribution is -1.97. The predicted octanol–water partition coefficient (Wildman–Crippen LogP) is 3.26. The second-order valence-electron chi connectivity index (χ2n) is 4.45. The molecule has 0 unspecified atom stereocenters. The van der Waals surface area contributed by atoms with Gasteiger partial charge in [0.25, 0.3) is 0 Å². The maximum Gasteiger partial charge on any atom is 0.203 e. The minimum atomic E-state index is 0.418. The summed E-state index contributed by atoms with van der Waals surface area (Å²) in [5, 5.41) is 3.97. The lowest BCUT2D eigenvalue weighted by Gasteiger charge is -2.12. The first-order valence-corrected chi connectivity index (χ1v) is 6.77. The molecule has 0 radical (unpaired) electrons. The Hall–Kier alpha value is -2.69. The topological polar surface area (TPSA) is 49.3 Å². The van der Waals surface area contributed by atoms with E-state index in [1.54, 1.807) is 39.7 Å². The summed E-state index contributed by atoms with van der Waals surface area (Å²) in [5.41, 5.74) is 1.85. The summed E-state index contributed by atoms with van der Waals surface area (Å²) < 4.78 is 15.8. The fraction of sp³-hybridized carbons (Fsp3) is 0.235. The molecule has 2 rings (SSSR count). The van der Waals surface area contributed by atoms with Crippen LogP contribution in [0.25, 0.3) is 0 Å². The Morgan fingerprint density at radius 3 is 2.09 bits per heavy atom. The first-order valence-electron chi connectivity index (χ1n) is 6.77. The van der Waals surface area contributed by atoms with Gasteiger partial charge in [0.1, 0.15) is 6.61 Å². The summed E-state index contributed by atoms with van der Waals surface area (Å²) in [6.45, 7) is 0.418. The van der Waals surface area contributed by atoms with E-state index in [0.29, 0.717) is 23.9 Å². The van der Waals surface area contributed by atoms with E-state index in [9.17, 15) is 0 Å². The summed E-state index contributed by atoms with van der Waals surface area (Å²) in [6.07, 6.45) is 1.60. The Balaban J connectivity index is 2.07. The molecule has 2 aromatic carbocycles. The summed E-state index contributed by atoms with van der Waals surface area (Å²) in [5.74, 6) is 1.70. The minimum Gasteiger partial charge on any atom is -0.493 e. The molecular weight excluding hydrogens is 282 g/mol. The van der Waals surface area contributed by atoms with Gasteiger partial charge < -0.3 is 19.0 Å². The number of nitrogens with zero attached hydrogens (tertiary/aromatic N) is 1. The van der Waals surface area contributed by atoms with Gasteiger partial charge in [-0.1, -0.05) is 35.5 Å². The van der Waals surface area contributed by atoms with Crippen molar-refractivity contribution in [3.05, 3.63) is 53.6 Å². The van der Waals surface area contributed by atoms with Crippen molar-refractivity contribution < 1.29 is 19.0 Å². The highest BCUT2D eigenvalue weighted by atomic mass is 16.6. The van der Waals surface area contributed by atoms with E-state index in [4.69, 9.17) is 19.0 Å². The zero-order valence-electron chi connectivity index (χ0n) is 12.9. The van der Waals surface area contributed by atoms with Crippen LogP contribution in [0.2, 0.25) is 0 Å². The molecule has 0 fully saturated rings. The van der Waals surface area contributed by atoms with Crippen LogP contribution in [0.4, 0.5) is 0 Å². The van der Waals surface area contributed by atoms with E-state index in [1.165, 1.54) is 0 Å². The molecule has 0 saturated carbocycles. The van der Waals surface area contributed by atoms with Gasteiger partial charge in [-0.25, -0.2) is 0 Å². The lowest BCUT2D eigenvalue weighted by molar-refractivity contribution is 0.132. The molecule has 0 aliphatic rings. The van der Waals surface area contributed by atoms with Crippen molar-refractivity contribution in [1.82, 2.24) is 0 Å². The molecule has 0 spiro atoms. The molecule has 0 heterocycles. The molecule has 0 amide bonds. The summed E-state index contributed by atoms with van der Waals surface area (Å²) in [6, 6.07) is 13.4. The number of ether oxygens (including phenoxy) is 3. The highest BCUT2D eigenvalue weighted by molar-refractivity contribution is 5.82. The molecule has 0 atom stereocenters. The van der Waals surface area contributed by atoms with Crippen molar-refractivity contribution in [3.8, 4) is 17.2 Å². The van der Waals surface area contributed by atoms with Crippen LogP contribution in [0, 0.1) is 0 Å². The molecule has 5 nitrogen and oxygen atoms in total. The first-order chi connectivity index (χ1) is 10.8. The maximum absolute atomic E-state index is 5.29. The number of rotatable bonds is 7. The van der Waals surface area contributed by atoms with Gasteiger partial charge in [0.2, 0.25) is 5.75 Å². The molecule has 5 heteroatoms. The largest absolute Gasteiger partial charge is 0.493 e. The van der Waals surface area contributed by atoms with E-state index < -0.39 is 0 Å². The van der Waals surface area contributed by atoms with Gasteiger partial charge in [-0.05, 0) is 17.7 Å². The monoisotopic (exact) mass is 301 g/mol. The van der Waals surface area contributed by atoms with Crippen LogP contribution >= 0.6 is 0 Å². The predicted molar refractivity (Wildman–Crippen MR) is 84.9 cm³/mol. The number of hydrogen-bond donors (Lipinski definition) is 0. The van der Waals surface area contributed by atoms with E-state index in [1.807, 2.05) is 30.3 Å². The fourth-order valence-corrected chi connectivity index (χ4v) is 1.96. The van der Waals surface area contributed by atoms with Crippen molar-refractivity contribution in [3.63, 3.8) is 0 Å². The first kappa shape index (κ1) is 15.7. The van der Waals surface area contributed by atoms with Gasteiger partial charge >= 0.3 is 0 Å². The Morgan fingerprint density at radius 2 is 1.55 bits per heavy atom. The molecule has 22 heavy (non-hydrogen) atoms. The standard InChI is InChI=1S/C17H19NO4/c1-19-15-9-14(10-16(20-2)17(15)21-3)11-18-22-12-13-7-5-4-6-8-13/h4-11H,12H2,1-3H3/b18-11+. The van der Waals surface area contributed by atoms with Crippen LogP contribution in [0.5, 0.6) is 17.2 Å². The van der Waals surface area contributed by atoms with Crippen molar-refractivity contribution in [1.29, 1.82) is 0 Å². The number of oxime groups is 1. The van der Waals surface area contributed by atoms with E-state index in [2.05, 4.69) is 5.16 Å². The van der Waals surface area contributed by atoms with Gasteiger partial charge in [0, 0.05) is 5.56 Å². The average Bonchev–Trinajstić information content (AvgIpc) is 2.58. The Kier molecular flexibility index (Phi) is 5.65. The van der Waals surface area contributed by atoms with Crippen molar-refractivity contribution in [2.24, 2.45) is 5.16 Å². The van der Waals surface area contributed by atoms with Crippen LogP contribution < -0.4 is 14.2 Å². The van der Waals surface area contributed by atoms with E-state index in [-0.39, 0.29) is 0 Å². The molecule has 0 aromatic heterocycles. The summed E-state index contributed by atoms with van der Waals surface area (Å²) >= 11 is 0. The Bertz CT molecular complexity index is 601. The van der Waals surface area contributed by atoms with Gasteiger partial charge in [-0.3, -0.25) is 0 Å². The third kappa shape index (κ3) is 3.91. The van der Waals surface area contributed by atoms with Crippen molar-refractivity contribution in [2.45, 2.75) is 6.61 Å². The van der Waals surface area contributed by atoms with E-state index in [0.717, 1.165) is 11.1 Å².